The number of hydrogen-bond acceptors (Lipinski definition) is 5. The predicted molar refractivity (Wildman–Crippen MR) is 80.0 cm³/mol. The van der Waals surface area contributed by atoms with Gasteiger partial charge in [-0.25, -0.2) is 22.7 Å². The molecule has 1 rings (SSSR count). The van der Waals surface area contributed by atoms with E-state index in [0.29, 0.717) is 0 Å². The summed E-state index contributed by atoms with van der Waals surface area (Å²) in [6.45, 7) is 5.49. The van der Waals surface area contributed by atoms with Crippen molar-refractivity contribution in [3.63, 3.8) is 0 Å². The summed E-state index contributed by atoms with van der Waals surface area (Å²) in [4.78, 5) is 11.9. The fourth-order valence-electron chi connectivity index (χ4n) is 1.25. The van der Waals surface area contributed by atoms with Crippen LogP contribution in [0.15, 0.2) is 0 Å². The Morgan fingerprint density at radius 2 is 1.52 bits per heavy atom. The molecule has 1 N–H and O–H groups in total. The molecular weight excluding hydrogens is 361 g/mol. The molecule has 0 amide bonds. The number of rotatable bonds is 5. The predicted octanol–water partition coefficient (Wildman–Crippen LogP) is 3.62. The lowest BCUT2D eigenvalue weighted by atomic mass is 10.2. The third-order valence-electron chi connectivity index (χ3n) is 2.35. The minimum absolute atomic E-state index is 0.114. The number of carbonyl (C=O) groups excluding carboxylic acids is 1. The van der Waals surface area contributed by atoms with Crippen molar-refractivity contribution in [3.8, 4) is 5.75 Å². The van der Waals surface area contributed by atoms with Crippen LogP contribution in [0.1, 0.15) is 20.8 Å². The van der Waals surface area contributed by atoms with Crippen molar-refractivity contribution >= 4 is 30.5 Å². The zero-order valence-electron chi connectivity index (χ0n) is 12.3. The second kappa shape index (κ2) is 7.71. The van der Waals surface area contributed by atoms with Crippen LogP contribution in [0.3, 0.4) is 0 Å². The summed E-state index contributed by atoms with van der Waals surface area (Å²) >= 11 is 5.01. The Kier molecular flexibility index (Phi) is 6.72. The van der Waals surface area contributed by atoms with Gasteiger partial charge in [0.15, 0.2) is 0 Å². The molecule has 23 heavy (non-hydrogen) atoms. The largest absolute Gasteiger partial charge is 0.419 e. The number of hydrogen-bond donors (Lipinski definition) is 2. The van der Waals surface area contributed by atoms with E-state index >= 15 is 0 Å². The van der Waals surface area contributed by atoms with E-state index in [1.807, 2.05) is 20.8 Å². The van der Waals surface area contributed by atoms with Gasteiger partial charge in [-0.1, -0.05) is 11.9 Å². The van der Waals surface area contributed by atoms with Gasteiger partial charge in [0.05, 0.1) is 0 Å². The molecule has 0 spiro atoms. The second-order valence-corrected chi connectivity index (χ2v) is 7.42. The quantitative estimate of drug-likeness (QED) is 0.157. The van der Waals surface area contributed by atoms with Crippen LogP contribution in [0, 0.1) is 29.1 Å². The zero-order chi connectivity index (χ0) is 17.9. The maximum Gasteiger partial charge on any atom is 0.330 e. The van der Waals surface area contributed by atoms with Crippen molar-refractivity contribution in [1.29, 1.82) is 0 Å². The monoisotopic (exact) mass is 375 g/mol. The first-order chi connectivity index (χ1) is 10.5. The molecule has 3 nitrogen and oxygen atoms in total. The molecule has 0 saturated heterocycles. The number of nitrogens with one attached hydrogen (secondary N) is 1. The Morgan fingerprint density at radius 3 is 1.91 bits per heavy atom. The standard InChI is InChI=1S/C13H14F5NO2S2/c1-13(2,3)23-19-5(4-22)12(20)21-11-9(17)7(15)6(14)8(16)10(11)18/h5,19,22H,4H2,1-3H3/t5-/m0/s1. The molecule has 0 aliphatic carbocycles. The number of carbonyl (C=O) groups is 1. The first-order valence-corrected chi connectivity index (χ1v) is 7.72. The number of benzene rings is 1. The third kappa shape index (κ3) is 4.98. The summed E-state index contributed by atoms with van der Waals surface area (Å²) in [5, 5.41) is 0. The summed E-state index contributed by atoms with van der Waals surface area (Å²) in [7, 11) is 0. The van der Waals surface area contributed by atoms with E-state index in [-0.39, 0.29) is 10.5 Å². The fraction of sp³-hybridized carbons (Fsp3) is 0.462. The molecule has 10 heteroatoms. The van der Waals surface area contributed by atoms with Crippen LogP contribution < -0.4 is 9.46 Å². The van der Waals surface area contributed by atoms with Crippen molar-refractivity contribution < 1.29 is 31.5 Å². The van der Waals surface area contributed by atoms with Gasteiger partial charge < -0.3 is 4.74 Å². The number of ether oxygens (including phenoxy) is 1. The molecule has 0 saturated carbocycles. The van der Waals surface area contributed by atoms with Gasteiger partial charge in [-0.15, -0.1) is 0 Å². The second-order valence-electron chi connectivity index (χ2n) is 5.39. The topological polar surface area (TPSA) is 38.3 Å². The molecule has 1 aromatic rings. The van der Waals surface area contributed by atoms with Crippen LogP contribution in [-0.4, -0.2) is 22.5 Å². The lowest BCUT2D eigenvalue weighted by molar-refractivity contribution is -0.136. The van der Waals surface area contributed by atoms with Crippen LogP contribution in [0.2, 0.25) is 0 Å². The maximum atomic E-state index is 13.5. The van der Waals surface area contributed by atoms with E-state index in [4.69, 9.17) is 0 Å². The van der Waals surface area contributed by atoms with Crippen molar-refractivity contribution in [2.75, 3.05) is 5.75 Å². The van der Waals surface area contributed by atoms with E-state index in [2.05, 4.69) is 22.1 Å². The van der Waals surface area contributed by atoms with Crippen molar-refractivity contribution in [2.45, 2.75) is 31.6 Å². The Labute approximate surface area is 139 Å². The third-order valence-corrected chi connectivity index (χ3v) is 3.73. The van der Waals surface area contributed by atoms with Gasteiger partial charge in [0.25, 0.3) is 0 Å². The van der Waals surface area contributed by atoms with E-state index in [9.17, 15) is 26.7 Å². The Balaban J connectivity index is 3.00. The molecule has 0 aliphatic heterocycles. The summed E-state index contributed by atoms with van der Waals surface area (Å²) in [6, 6.07) is -1.11. The van der Waals surface area contributed by atoms with Gasteiger partial charge in [-0.3, -0.25) is 0 Å². The average molecular weight is 375 g/mol. The summed E-state index contributed by atoms with van der Waals surface area (Å²) in [5.74, 6) is -14.1. The highest BCUT2D eigenvalue weighted by Gasteiger charge is 2.30. The van der Waals surface area contributed by atoms with Crippen LogP contribution in [-0.2, 0) is 4.79 Å². The van der Waals surface area contributed by atoms with Gasteiger partial charge in [0.2, 0.25) is 34.8 Å². The molecule has 0 bridgehead atoms. The minimum atomic E-state index is -2.33. The number of thiol groups is 1. The normalized spacial score (nSPS) is 13.1. The van der Waals surface area contributed by atoms with Gasteiger partial charge in [0.1, 0.15) is 6.04 Å². The van der Waals surface area contributed by atoms with E-state index in [1.54, 1.807) is 0 Å². The molecule has 130 valence electrons. The highest BCUT2D eigenvalue weighted by molar-refractivity contribution is 7.98. The molecular formula is C13H14F5NO2S2. The van der Waals surface area contributed by atoms with Crippen molar-refractivity contribution in [3.05, 3.63) is 29.1 Å². The molecule has 0 aliphatic rings. The smallest absolute Gasteiger partial charge is 0.330 e. The van der Waals surface area contributed by atoms with Crippen molar-refractivity contribution in [2.24, 2.45) is 0 Å². The van der Waals surface area contributed by atoms with Gasteiger partial charge in [0, 0.05) is 10.5 Å². The van der Waals surface area contributed by atoms with Gasteiger partial charge >= 0.3 is 5.97 Å². The Bertz CT molecular complexity index is 578. The highest BCUT2D eigenvalue weighted by Crippen LogP contribution is 2.29. The highest BCUT2D eigenvalue weighted by atomic mass is 32.2. The van der Waals surface area contributed by atoms with Crippen LogP contribution in [0.25, 0.3) is 0 Å². The van der Waals surface area contributed by atoms with Gasteiger partial charge in [-0.2, -0.15) is 21.4 Å². The van der Waals surface area contributed by atoms with E-state index in [0.717, 1.165) is 11.9 Å². The lowest BCUT2D eigenvalue weighted by Gasteiger charge is -2.22. The zero-order valence-corrected chi connectivity index (χ0v) is 14.1. The molecule has 1 aromatic carbocycles. The Hall–Kier alpha value is -1.00. The van der Waals surface area contributed by atoms with Crippen molar-refractivity contribution in [1.82, 2.24) is 4.72 Å². The first-order valence-electron chi connectivity index (χ1n) is 6.27. The Morgan fingerprint density at radius 1 is 1.09 bits per heavy atom. The van der Waals surface area contributed by atoms with E-state index in [1.165, 1.54) is 0 Å². The molecule has 0 aromatic heterocycles. The lowest BCUT2D eigenvalue weighted by Crippen LogP contribution is -2.39. The van der Waals surface area contributed by atoms with Gasteiger partial charge in [-0.05, 0) is 20.8 Å². The molecule has 0 heterocycles. The van der Waals surface area contributed by atoms with Crippen LogP contribution in [0.4, 0.5) is 22.0 Å². The first kappa shape index (κ1) is 20.0. The minimum Gasteiger partial charge on any atom is -0.419 e. The summed E-state index contributed by atoms with van der Waals surface area (Å²) < 4.78 is 72.7. The van der Waals surface area contributed by atoms with E-state index < -0.39 is 46.8 Å². The molecule has 0 unspecified atom stereocenters. The van der Waals surface area contributed by atoms with Crippen LogP contribution in [0.5, 0.6) is 5.75 Å². The molecule has 0 fully saturated rings. The number of esters is 1. The molecule has 1 atom stereocenters. The summed E-state index contributed by atoms with van der Waals surface area (Å²) in [6.07, 6.45) is 0. The summed E-state index contributed by atoms with van der Waals surface area (Å²) in [5.41, 5.74) is 0. The fourth-order valence-corrected chi connectivity index (χ4v) is 2.29. The van der Waals surface area contributed by atoms with Crippen LogP contribution >= 0.6 is 24.6 Å². The SMILES string of the molecule is CC(C)(C)SN[C@@H](CS)C(=O)Oc1c(F)c(F)c(F)c(F)c1F. The number of halogens is 5. The average Bonchev–Trinajstić information content (AvgIpc) is 2.47. The maximum absolute atomic E-state index is 13.5. The molecule has 0 radical (unpaired) electrons.